The summed E-state index contributed by atoms with van der Waals surface area (Å²) in [6, 6.07) is 4.42. The smallest absolute Gasteiger partial charge is 0.0136 e. The van der Waals surface area contributed by atoms with Crippen molar-refractivity contribution < 1.29 is 0 Å². The molecule has 0 spiro atoms. The van der Waals surface area contributed by atoms with Crippen molar-refractivity contribution >= 4 is 0 Å². The van der Waals surface area contributed by atoms with E-state index in [9.17, 15) is 0 Å². The number of nitrogens with one attached hydrogen (secondary N) is 7. The minimum Gasteiger partial charge on any atom is -0.330 e. The van der Waals surface area contributed by atoms with Gasteiger partial charge in [0.1, 0.15) is 0 Å². The lowest BCUT2D eigenvalue weighted by Gasteiger charge is -2.11. The first-order valence-corrected chi connectivity index (χ1v) is 26.4. The zero-order chi connectivity index (χ0) is 52.0. The van der Waals surface area contributed by atoms with Crippen LogP contribution in [0.2, 0.25) is 0 Å². The van der Waals surface area contributed by atoms with Crippen LogP contribution in [0.15, 0.2) is 0 Å². The second kappa shape index (κ2) is 63.4. The summed E-state index contributed by atoms with van der Waals surface area (Å²) in [5.74, 6) is 2.65. The Morgan fingerprint density at radius 3 is 0.892 bits per heavy atom. The second-order valence-electron chi connectivity index (χ2n) is 20.4. The molecule has 0 aromatic carbocycles. The zero-order valence-corrected chi connectivity index (χ0v) is 47.6. The van der Waals surface area contributed by atoms with Crippen molar-refractivity contribution in [1.29, 1.82) is 0 Å². The number of unbranched alkanes of at least 4 members (excludes halogenated alkanes) is 1. The van der Waals surface area contributed by atoms with Crippen LogP contribution >= 0.6 is 0 Å². The summed E-state index contributed by atoms with van der Waals surface area (Å²) in [7, 11) is 0. The SMILES string of the molecule is CC(C)NCCCN.CC(C)NCCN.CC(CN)CCCCNC(C)C.CC(CN)CCCNC(C)C.CC(CN)CCNC(C)C.CC(CN)CNC(C)C.CC(N)CNC(C)C. The molecule has 5 atom stereocenters. The molecular formula is C51H130N14. The average molecular weight is 940 g/mol. The fraction of sp³-hybridized carbons (Fsp3) is 1.00. The molecule has 0 fully saturated rings. The molecule has 0 aliphatic carbocycles. The number of nitrogens with two attached hydrogens (primary N) is 7. The van der Waals surface area contributed by atoms with Gasteiger partial charge in [-0.1, -0.05) is 131 Å². The van der Waals surface area contributed by atoms with Gasteiger partial charge in [-0.25, -0.2) is 0 Å². The maximum atomic E-state index is 5.52. The molecule has 0 rings (SSSR count). The highest BCUT2D eigenvalue weighted by Gasteiger charge is 2.01. The van der Waals surface area contributed by atoms with E-state index in [-0.39, 0.29) is 6.04 Å². The molecule has 0 saturated heterocycles. The fourth-order valence-electron chi connectivity index (χ4n) is 4.63. The summed E-state index contributed by atoms with van der Waals surface area (Å²) < 4.78 is 0. The predicted octanol–water partition coefficient (Wildman–Crippen LogP) is 5.27. The molecule has 65 heavy (non-hydrogen) atoms. The fourth-order valence-corrected chi connectivity index (χ4v) is 4.63. The first-order valence-electron chi connectivity index (χ1n) is 26.4. The van der Waals surface area contributed by atoms with Crippen LogP contribution in [0.3, 0.4) is 0 Å². The van der Waals surface area contributed by atoms with Gasteiger partial charge in [-0.15, -0.1) is 0 Å². The van der Waals surface area contributed by atoms with Crippen molar-refractivity contribution in [3.05, 3.63) is 0 Å². The zero-order valence-electron chi connectivity index (χ0n) is 47.6. The highest BCUT2D eigenvalue weighted by atomic mass is 14.9. The summed E-state index contributed by atoms with van der Waals surface area (Å²) >= 11 is 0. The molecule has 0 aromatic rings. The second-order valence-corrected chi connectivity index (χ2v) is 20.4. The minimum atomic E-state index is 0.275. The topological polar surface area (TPSA) is 266 Å². The van der Waals surface area contributed by atoms with Gasteiger partial charge in [0.15, 0.2) is 0 Å². The van der Waals surface area contributed by atoms with Crippen LogP contribution in [0.5, 0.6) is 0 Å². The molecule has 0 amide bonds. The third kappa shape index (κ3) is 106. The Bertz CT molecular complexity index is 778. The molecule has 0 aromatic heterocycles. The van der Waals surface area contributed by atoms with Gasteiger partial charge in [0, 0.05) is 68.0 Å². The van der Waals surface area contributed by atoms with Crippen LogP contribution in [-0.4, -0.2) is 133 Å². The Morgan fingerprint density at radius 1 is 0.277 bits per heavy atom. The maximum Gasteiger partial charge on any atom is 0.0136 e. The van der Waals surface area contributed by atoms with Crippen LogP contribution in [-0.2, 0) is 0 Å². The van der Waals surface area contributed by atoms with E-state index in [1.54, 1.807) is 0 Å². The van der Waals surface area contributed by atoms with E-state index in [4.69, 9.17) is 40.1 Å². The van der Waals surface area contributed by atoms with E-state index < -0.39 is 0 Å². The van der Waals surface area contributed by atoms with Gasteiger partial charge >= 0.3 is 0 Å². The average Bonchev–Trinajstić information content (AvgIpc) is 3.23. The van der Waals surface area contributed by atoms with E-state index >= 15 is 0 Å². The first-order chi connectivity index (χ1) is 30.3. The van der Waals surface area contributed by atoms with E-state index in [1.807, 2.05) is 6.92 Å². The molecule has 5 unspecified atom stereocenters. The highest BCUT2D eigenvalue weighted by molar-refractivity contribution is 4.62. The van der Waals surface area contributed by atoms with Crippen LogP contribution < -0.4 is 77.4 Å². The molecule has 21 N–H and O–H groups in total. The Hall–Kier alpha value is -0.560. The van der Waals surface area contributed by atoms with E-state index in [0.29, 0.717) is 66.0 Å². The monoisotopic (exact) mass is 939 g/mol. The minimum absolute atomic E-state index is 0.275. The lowest BCUT2D eigenvalue weighted by molar-refractivity contribution is 0.484. The molecule has 0 saturated carbocycles. The van der Waals surface area contributed by atoms with Crippen molar-refractivity contribution in [2.45, 2.75) is 225 Å². The first kappa shape index (κ1) is 78.6. The number of hydrogen-bond donors (Lipinski definition) is 14. The summed E-state index contributed by atoms with van der Waals surface area (Å²) in [4.78, 5) is 0. The molecule has 0 aliphatic rings. The lowest BCUT2D eigenvalue weighted by Crippen LogP contribution is -2.34. The highest BCUT2D eigenvalue weighted by Crippen LogP contribution is 2.05. The normalized spacial score (nSPS) is 13.2. The molecule has 0 heterocycles. The van der Waals surface area contributed by atoms with Crippen LogP contribution in [0.25, 0.3) is 0 Å². The summed E-state index contributed by atoms with van der Waals surface area (Å²) in [6.45, 7) is 52.8. The summed E-state index contributed by atoms with van der Waals surface area (Å²) in [5.41, 5.74) is 37.9. The quantitative estimate of drug-likeness (QED) is 0.0384. The van der Waals surface area contributed by atoms with E-state index in [0.717, 1.165) is 91.5 Å². The Balaban J connectivity index is -0.000000122. The molecule has 14 nitrogen and oxygen atoms in total. The van der Waals surface area contributed by atoms with Gasteiger partial charge < -0.3 is 77.4 Å². The van der Waals surface area contributed by atoms with Gasteiger partial charge in [0.05, 0.1) is 0 Å². The predicted molar refractivity (Wildman–Crippen MR) is 299 cm³/mol. The van der Waals surface area contributed by atoms with Gasteiger partial charge in [-0.05, 0) is 135 Å². The Labute approximate surface area is 409 Å². The van der Waals surface area contributed by atoms with Gasteiger partial charge in [-0.2, -0.15) is 0 Å². The molecule has 14 heteroatoms. The molecule has 0 bridgehead atoms. The number of rotatable bonds is 32. The maximum absolute atomic E-state index is 5.52. The van der Waals surface area contributed by atoms with E-state index in [2.05, 4.69) is 162 Å². The molecule has 0 aliphatic heterocycles. The molecule has 0 radical (unpaired) electrons. The summed E-state index contributed by atoms with van der Waals surface area (Å²) in [5, 5.41) is 23.1. The van der Waals surface area contributed by atoms with Crippen molar-refractivity contribution in [3.63, 3.8) is 0 Å². The third-order valence-corrected chi connectivity index (χ3v) is 9.25. The van der Waals surface area contributed by atoms with Crippen molar-refractivity contribution in [1.82, 2.24) is 37.2 Å². The van der Waals surface area contributed by atoms with Crippen molar-refractivity contribution in [3.8, 4) is 0 Å². The Morgan fingerprint density at radius 2 is 0.585 bits per heavy atom. The van der Waals surface area contributed by atoms with Crippen LogP contribution in [0.4, 0.5) is 0 Å². The van der Waals surface area contributed by atoms with Crippen LogP contribution in [0.1, 0.15) is 176 Å². The van der Waals surface area contributed by atoms with Gasteiger partial charge in [0.25, 0.3) is 0 Å². The largest absolute Gasteiger partial charge is 0.330 e. The third-order valence-electron chi connectivity index (χ3n) is 9.25. The molecule has 404 valence electrons. The van der Waals surface area contributed by atoms with E-state index in [1.165, 1.54) is 38.5 Å². The van der Waals surface area contributed by atoms with Gasteiger partial charge in [0.2, 0.25) is 0 Å². The Kier molecular flexibility index (Phi) is 76.7. The van der Waals surface area contributed by atoms with Crippen molar-refractivity contribution in [2.75, 3.05) is 85.1 Å². The summed E-state index contributed by atoms with van der Waals surface area (Å²) in [6.07, 6.45) is 8.62. The van der Waals surface area contributed by atoms with Crippen LogP contribution in [0, 0.1) is 23.7 Å². The standard InChI is InChI=1S/C10H24N2.C9H22N2.C8H20N2.C7H18N2.2C6H16N2.C5H14N2/c1-9(2)12-7-5-4-6-10(3)8-11;1-8(2)11-6-4-5-9(3)7-10;1-7(2)10-5-4-8(3)6-9;1-6(2)9-5-7(3)4-8;1-5(2)8-4-6(3)7;1-6(2)8-5-3-4-7;1-5(2)7-4-3-6/h9-10,12H,4-8,11H2,1-3H3;8-9,11H,4-7,10H2,1-3H3;7-8,10H,4-6,9H2,1-3H3;6-7,9H,4-5,8H2,1-3H3;5-6,8H,4,7H2,1-3H3;6,8H,3-5,7H2,1-2H3;5,7H,3-4,6H2,1-2H3. The number of hydrogen-bond acceptors (Lipinski definition) is 14. The lowest BCUT2D eigenvalue weighted by atomic mass is 10.0. The molecular weight excluding hydrogens is 809 g/mol. The van der Waals surface area contributed by atoms with Gasteiger partial charge in [-0.3, -0.25) is 0 Å². The van der Waals surface area contributed by atoms with Crippen molar-refractivity contribution in [2.24, 2.45) is 63.8 Å².